The van der Waals surface area contributed by atoms with E-state index in [-0.39, 0.29) is 24.4 Å². The van der Waals surface area contributed by atoms with Crippen molar-refractivity contribution in [2.45, 2.75) is 18.9 Å². The Labute approximate surface area is 95.7 Å². The highest BCUT2D eigenvalue weighted by Gasteiger charge is 2.31. The van der Waals surface area contributed by atoms with Crippen LogP contribution in [0.5, 0.6) is 0 Å². The lowest BCUT2D eigenvalue weighted by Gasteiger charge is -2.38. The van der Waals surface area contributed by atoms with Crippen LogP contribution in [0.1, 0.15) is 24.4 Å². The highest BCUT2D eigenvalue weighted by Crippen LogP contribution is 2.35. The molecule has 16 heavy (non-hydrogen) atoms. The summed E-state index contributed by atoms with van der Waals surface area (Å²) in [5.41, 5.74) is 0.712. The average molecular weight is 223 g/mol. The van der Waals surface area contributed by atoms with Gasteiger partial charge in [-0.05, 0) is 32.5 Å². The SMILES string of the molecule is CN1CCCC(CO)C1c1ccccc1F. The molecular weight excluding hydrogens is 205 g/mol. The average Bonchev–Trinajstić information content (AvgIpc) is 2.30. The number of aliphatic hydroxyl groups excluding tert-OH is 1. The fourth-order valence-electron chi connectivity index (χ4n) is 2.66. The monoisotopic (exact) mass is 223 g/mol. The van der Waals surface area contributed by atoms with Gasteiger partial charge in [0, 0.05) is 24.1 Å². The minimum Gasteiger partial charge on any atom is -0.396 e. The van der Waals surface area contributed by atoms with E-state index in [4.69, 9.17) is 0 Å². The third-order valence-corrected chi connectivity index (χ3v) is 3.47. The van der Waals surface area contributed by atoms with Crippen LogP contribution in [-0.2, 0) is 0 Å². The van der Waals surface area contributed by atoms with Gasteiger partial charge in [0.2, 0.25) is 0 Å². The molecule has 0 radical (unpaired) electrons. The van der Waals surface area contributed by atoms with Crippen molar-refractivity contribution in [3.8, 4) is 0 Å². The van der Waals surface area contributed by atoms with Crippen LogP contribution in [0.15, 0.2) is 24.3 Å². The smallest absolute Gasteiger partial charge is 0.127 e. The summed E-state index contributed by atoms with van der Waals surface area (Å²) in [4.78, 5) is 2.14. The van der Waals surface area contributed by atoms with Gasteiger partial charge in [0.05, 0.1) is 0 Å². The Morgan fingerprint density at radius 3 is 2.88 bits per heavy atom. The molecule has 1 aliphatic heterocycles. The summed E-state index contributed by atoms with van der Waals surface area (Å²) in [6, 6.07) is 6.89. The first-order valence-electron chi connectivity index (χ1n) is 5.79. The Kier molecular flexibility index (Phi) is 3.56. The molecule has 1 heterocycles. The number of nitrogens with zero attached hydrogens (tertiary/aromatic N) is 1. The number of aliphatic hydroxyl groups is 1. The van der Waals surface area contributed by atoms with Crippen LogP contribution < -0.4 is 0 Å². The number of likely N-dealkylation sites (tertiary alicyclic amines) is 1. The molecule has 2 nitrogen and oxygen atoms in total. The van der Waals surface area contributed by atoms with E-state index in [0.717, 1.165) is 19.4 Å². The predicted octanol–water partition coefficient (Wildman–Crippen LogP) is 2.20. The van der Waals surface area contributed by atoms with Gasteiger partial charge in [-0.3, -0.25) is 4.90 Å². The minimum absolute atomic E-state index is 0.0138. The van der Waals surface area contributed by atoms with Gasteiger partial charge in [-0.25, -0.2) is 4.39 Å². The number of hydrogen-bond donors (Lipinski definition) is 1. The van der Waals surface area contributed by atoms with Gasteiger partial charge in [0.15, 0.2) is 0 Å². The maximum absolute atomic E-state index is 13.7. The van der Waals surface area contributed by atoms with Crippen LogP contribution in [0.2, 0.25) is 0 Å². The van der Waals surface area contributed by atoms with E-state index in [0.29, 0.717) is 5.56 Å². The van der Waals surface area contributed by atoms with Gasteiger partial charge < -0.3 is 5.11 Å². The third kappa shape index (κ3) is 2.11. The number of piperidine rings is 1. The zero-order chi connectivity index (χ0) is 11.5. The first-order chi connectivity index (χ1) is 7.74. The van der Waals surface area contributed by atoms with Crippen LogP contribution in [-0.4, -0.2) is 30.2 Å². The van der Waals surface area contributed by atoms with Gasteiger partial charge in [0.25, 0.3) is 0 Å². The molecule has 0 aromatic heterocycles. The molecule has 3 heteroatoms. The van der Waals surface area contributed by atoms with Crippen molar-refractivity contribution in [1.82, 2.24) is 4.90 Å². The molecule has 0 bridgehead atoms. The van der Waals surface area contributed by atoms with Crippen molar-refractivity contribution >= 4 is 0 Å². The van der Waals surface area contributed by atoms with E-state index in [1.54, 1.807) is 6.07 Å². The van der Waals surface area contributed by atoms with Gasteiger partial charge in [0.1, 0.15) is 5.82 Å². The van der Waals surface area contributed by atoms with Crippen LogP contribution in [0.25, 0.3) is 0 Å². The van der Waals surface area contributed by atoms with Crippen molar-refractivity contribution < 1.29 is 9.50 Å². The van der Waals surface area contributed by atoms with Crippen LogP contribution in [0.3, 0.4) is 0 Å². The van der Waals surface area contributed by atoms with E-state index in [1.807, 2.05) is 19.2 Å². The zero-order valence-electron chi connectivity index (χ0n) is 9.56. The second kappa shape index (κ2) is 4.93. The molecule has 1 aromatic rings. The predicted molar refractivity (Wildman–Crippen MR) is 61.6 cm³/mol. The fraction of sp³-hybridized carbons (Fsp3) is 0.538. The van der Waals surface area contributed by atoms with Crippen molar-refractivity contribution in [3.63, 3.8) is 0 Å². The van der Waals surface area contributed by atoms with Gasteiger partial charge in [-0.1, -0.05) is 18.2 Å². The Balaban J connectivity index is 2.32. The van der Waals surface area contributed by atoms with Gasteiger partial charge in [-0.15, -0.1) is 0 Å². The first kappa shape index (κ1) is 11.6. The summed E-state index contributed by atoms with van der Waals surface area (Å²) in [5.74, 6) is -0.0182. The molecular formula is C13H18FNO. The zero-order valence-corrected chi connectivity index (χ0v) is 9.56. The molecule has 1 N–H and O–H groups in total. The van der Waals surface area contributed by atoms with Crippen LogP contribution in [0.4, 0.5) is 4.39 Å². The fourth-order valence-corrected chi connectivity index (χ4v) is 2.66. The van der Waals surface area contributed by atoms with Crippen molar-refractivity contribution in [3.05, 3.63) is 35.6 Å². The number of hydrogen-bond acceptors (Lipinski definition) is 2. The molecule has 0 aliphatic carbocycles. The summed E-state index contributed by atoms with van der Waals surface area (Å²) in [7, 11) is 2.00. The highest BCUT2D eigenvalue weighted by atomic mass is 19.1. The Morgan fingerprint density at radius 2 is 2.19 bits per heavy atom. The summed E-state index contributed by atoms with van der Waals surface area (Å²) in [5, 5.41) is 9.38. The topological polar surface area (TPSA) is 23.5 Å². The largest absolute Gasteiger partial charge is 0.396 e. The summed E-state index contributed by atoms with van der Waals surface area (Å²) < 4.78 is 13.7. The second-order valence-electron chi connectivity index (χ2n) is 4.53. The van der Waals surface area contributed by atoms with E-state index < -0.39 is 0 Å². The molecule has 2 unspecified atom stereocenters. The summed E-state index contributed by atoms with van der Waals surface area (Å²) in [6.07, 6.45) is 2.05. The quantitative estimate of drug-likeness (QED) is 0.831. The third-order valence-electron chi connectivity index (χ3n) is 3.47. The molecule has 1 aromatic carbocycles. The minimum atomic E-state index is -0.167. The molecule has 88 valence electrons. The maximum atomic E-state index is 13.7. The molecule has 1 fully saturated rings. The van der Waals surface area contributed by atoms with E-state index in [9.17, 15) is 9.50 Å². The molecule has 0 amide bonds. The number of benzene rings is 1. The molecule has 1 saturated heterocycles. The van der Waals surface area contributed by atoms with Crippen molar-refractivity contribution in [2.75, 3.05) is 20.2 Å². The molecule has 2 atom stereocenters. The molecule has 0 spiro atoms. The molecule has 2 rings (SSSR count). The highest BCUT2D eigenvalue weighted by molar-refractivity contribution is 5.22. The van der Waals surface area contributed by atoms with Crippen molar-refractivity contribution in [2.24, 2.45) is 5.92 Å². The summed E-state index contributed by atoms with van der Waals surface area (Å²) >= 11 is 0. The van der Waals surface area contributed by atoms with Gasteiger partial charge in [-0.2, -0.15) is 0 Å². The molecule has 1 aliphatic rings. The van der Waals surface area contributed by atoms with Crippen LogP contribution in [0, 0.1) is 11.7 Å². The summed E-state index contributed by atoms with van der Waals surface area (Å²) in [6.45, 7) is 1.10. The lowest BCUT2D eigenvalue weighted by atomic mass is 9.85. The maximum Gasteiger partial charge on any atom is 0.127 e. The number of rotatable bonds is 2. The van der Waals surface area contributed by atoms with Crippen molar-refractivity contribution in [1.29, 1.82) is 0 Å². The van der Waals surface area contributed by atoms with Gasteiger partial charge >= 0.3 is 0 Å². The van der Waals surface area contributed by atoms with E-state index in [2.05, 4.69) is 4.90 Å². The standard InChI is InChI=1S/C13H18FNO/c1-15-8-4-5-10(9-16)13(15)11-6-2-3-7-12(11)14/h2-3,6-7,10,13,16H,4-5,8-9H2,1H3. The molecule has 0 saturated carbocycles. The van der Waals surface area contributed by atoms with Crippen LogP contribution >= 0.6 is 0 Å². The first-order valence-corrected chi connectivity index (χ1v) is 5.79. The Hall–Kier alpha value is -0.930. The normalized spacial score (nSPS) is 26.9. The lowest BCUT2D eigenvalue weighted by molar-refractivity contribution is 0.0721. The Bertz CT molecular complexity index is 356. The van der Waals surface area contributed by atoms with E-state index in [1.165, 1.54) is 6.07 Å². The lowest BCUT2D eigenvalue weighted by Crippen LogP contribution is -2.38. The second-order valence-corrected chi connectivity index (χ2v) is 4.53. The number of halogens is 1. The van der Waals surface area contributed by atoms with E-state index >= 15 is 0 Å². The Morgan fingerprint density at radius 1 is 1.44 bits per heavy atom.